The third kappa shape index (κ3) is 3.34. The van der Waals surface area contributed by atoms with Crippen molar-refractivity contribution in [1.82, 2.24) is 20.2 Å². The highest BCUT2D eigenvalue weighted by atomic mass is 16.2. The number of carbonyl (C=O) groups excluding carboxylic acids is 3. The number of benzene rings is 1. The summed E-state index contributed by atoms with van der Waals surface area (Å²) in [5.41, 5.74) is 0.669. The number of hydrogen-bond donors (Lipinski definition) is 2. The first-order chi connectivity index (χ1) is 13.3. The average molecular weight is 369 g/mol. The first-order valence-corrected chi connectivity index (χ1v) is 8.94. The van der Waals surface area contributed by atoms with Gasteiger partial charge >= 0.3 is 0 Å². The molecule has 2 aromatic rings. The Morgan fingerprint density at radius 3 is 2.81 bits per heavy atom. The van der Waals surface area contributed by atoms with Gasteiger partial charge in [-0.15, -0.1) is 0 Å². The summed E-state index contributed by atoms with van der Waals surface area (Å²) >= 11 is 0. The molecular formula is C19H20N4O4. The summed E-state index contributed by atoms with van der Waals surface area (Å²) in [6.45, 7) is 1.85. The highest BCUT2D eigenvalue weighted by molar-refractivity contribution is 5.99. The molecule has 2 aliphatic rings. The maximum Gasteiger partial charge on any atom is 0.262 e. The average Bonchev–Trinajstić information content (AvgIpc) is 3.49. The van der Waals surface area contributed by atoms with Crippen LogP contribution in [0.3, 0.4) is 0 Å². The number of imide groups is 1. The van der Waals surface area contributed by atoms with Gasteiger partial charge < -0.3 is 5.32 Å². The van der Waals surface area contributed by atoms with E-state index >= 15 is 0 Å². The number of rotatable bonds is 4. The van der Waals surface area contributed by atoms with Gasteiger partial charge in [-0.25, -0.2) is 4.98 Å². The molecule has 140 valence electrons. The van der Waals surface area contributed by atoms with Gasteiger partial charge in [-0.3, -0.25) is 29.1 Å². The first kappa shape index (κ1) is 16.2. The molecule has 2 heterocycles. The second-order valence-electron chi connectivity index (χ2n) is 6.97. The van der Waals surface area contributed by atoms with Crippen LogP contribution in [-0.2, 0) is 20.9 Å². The van der Waals surface area contributed by atoms with Gasteiger partial charge in [0.2, 0.25) is 17.7 Å². The third-order valence-electron chi connectivity index (χ3n) is 4.89. The van der Waals surface area contributed by atoms with Crippen LogP contribution in [0.1, 0.15) is 44.5 Å². The van der Waals surface area contributed by atoms with E-state index in [1.54, 1.807) is 25.1 Å². The van der Waals surface area contributed by atoms with Crippen LogP contribution >= 0.6 is 0 Å². The van der Waals surface area contributed by atoms with Gasteiger partial charge in [-0.1, -0.05) is 6.07 Å². The van der Waals surface area contributed by atoms with Crippen molar-refractivity contribution in [2.75, 3.05) is 0 Å². The molecule has 1 aromatic carbocycles. The van der Waals surface area contributed by atoms with Gasteiger partial charge in [0, 0.05) is 18.9 Å². The van der Waals surface area contributed by atoms with E-state index < -0.39 is 23.4 Å². The predicted octanol–water partition coefficient (Wildman–Crippen LogP) is 0.709. The van der Waals surface area contributed by atoms with E-state index in [2.05, 4.69) is 15.6 Å². The number of fused-ring (bicyclic) bond motifs is 1. The summed E-state index contributed by atoms with van der Waals surface area (Å²) < 4.78 is 9.61. The first-order valence-electron chi connectivity index (χ1n) is 9.44. The molecule has 1 aromatic heterocycles. The summed E-state index contributed by atoms with van der Waals surface area (Å²) in [7, 11) is 0. The Morgan fingerprint density at radius 2 is 2.11 bits per heavy atom. The minimum absolute atomic E-state index is 0.00759. The van der Waals surface area contributed by atoms with Crippen molar-refractivity contribution in [3.05, 3.63) is 39.9 Å². The lowest BCUT2D eigenvalue weighted by Crippen LogP contribution is -2.45. The molecule has 1 aliphatic carbocycles. The summed E-state index contributed by atoms with van der Waals surface area (Å²) in [5, 5.41) is 5.24. The van der Waals surface area contributed by atoms with Crippen LogP contribution < -0.4 is 16.2 Å². The minimum Gasteiger partial charge on any atom is -0.352 e. The number of aromatic nitrogens is 2. The second-order valence-corrected chi connectivity index (χ2v) is 6.97. The molecule has 1 atom stereocenters. The molecule has 8 heteroatoms. The zero-order valence-corrected chi connectivity index (χ0v) is 14.9. The van der Waals surface area contributed by atoms with E-state index in [9.17, 15) is 19.2 Å². The molecule has 8 nitrogen and oxygen atoms in total. The normalized spacial score (nSPS) is 23.1. The second kappa shape index (κ2) is 6.61. The largest absolute Gasteiger partial charge is 0.352 e. The van der Waals surface area contributed by atoms with E-state index in [1.165, 1.54) is 0 Å². The lowest BCUT2D eigenvalue weighted by Gasteiger charge is -2.24. The minimum atomic E-state index is -1.92. The van der Waals surface area contributed by atoms with Crippen molar-refractivity contribution in [2.45, 2.75) is 45.2 Å². The Bertz CT molecular complexity index is 1080. The topological polar surface area (TPSA) is 110 Å². The number of carbonyl (C=O) groups is 3. The van der Waals surface area contributed by atoms with Crippen molar-refractivity contribution in [2.24, 2.45) is 5.92 Å². The maximum absolute atomic E-state index is 13.1. The molecule has 2 fully saturated rings. The zero-order chi connectivity index (χ0) is 20.1. The van der Waals surface area contributed by atoms with E-state index in [0.717, 1.165) is 23.0 Å². The summed E-state index contributed by atoms with van der Waals surface area (Å²) in [6.07, 6.45) is 1.70. The van der Waals surface area contributed by atoms with E-state index in [-0.39, 0.29) is 35.9 Å². The molecule has 3 amide bonds. The number of amides is 3. The van der Waals surface area contributed by atoms with Crippen molar-refractivity contribution in [3.63, 3.8) is 0 Å². The Balaban J connectivity index is 1.73. The van der Waals surface area contributed by atoms with Gasteiger partial charge in [0.15, 0.2) is 0 Å². The molecule has 0 unspecified atom stereocenters. The molecule has 1 saturated carbocycles. The van der Waals surface area contributed by atoms with Crippen LogP contribution in [0.5, 0.6) is 0 Å². The molecular weight excluding hydrogens is 348 g/mol. The molecule has 0 bridgehead atoms. The standard InChI is InChI=1S/C19H20N4O4/c1-10-21-14-5-2-11(9-20-17(25)12-3-4-12)8-13(14)19(27)23(10)15-6-7-16(24)22-18(15)26/h2,5,8,12,15H,3-4,6-7,9H2,1H3,(H,20,25)(H,22,24,26)/t15-/m0/s1/i15D. The van der Waals surface area contributed by atoms with Gasteiger partial charge in [0.25, 0.3) is 5.56 Å². The van der Waals surface area contributed by atoms with Crippen LogP contribution in [0.25, 0.3) is 10.9 Å². The number of hydrogen-bond acceptors (Lipinski definition) is 5. The van der Waals surface area contributed by atoms with Crippen molar-refractivity contribution >= 4 is 28.6 Å². The monoisotopic (exact) mass is 369 g/mol. The maximum atomic E-state index is 13.1. The van der Waals surface area contributed by atoms with Gasteiger partial charge in [-0.05, 0) is 43.9 Å². The smallest absolute Gasteiger partial charge is 0.262 e. The fourth-order valence-corrected chi connectivity index (χ4v) is 3.27. The van der Waals surface area contributed by atoms with Crippen LogP contribution in [0.2, 0.25) is 0 Å². The van der Waals surface area contributed by atoms with Crippen LogP contribution in [0.4, 0.5) is 0 Å². The summed E-state index contributed by atoms with van der Waals surface area (Å²) in [5.74, 6) is -0.957. The Hall–Kier alpha value is -3.03. The lowest BCUT2D eigenvalue weighted by molar-refractivity contribution is -0.135. The number of piperidine rings is 1. The summed E-state index contributed by atoms with van der Waals surface area (Å²) in [6, 6.07) is 3.18. The van der Waals surface area contributed by atoms with Crippen LogP contribution in [-0.4, -0.2) is 27.3 Å². The Kier molecular flexibility index (Phi) is 3.95. The van der Waals surface area contributed by atoms with Crippen molar-refractivity contribution in [1.29, 1.82) is 0 Å². The Morgan fingerprint density at radius 1 is 1.33 bits per heavy atom. The molecule has 27 heavy (non-hydrogen) atoms. The fraction of sp³-hybridized carbons (Fsp3) is 0.421. The number of nitrogens with zero attached hydrogens (tertiary/aromatic N) is 2. The molecule has 1 aliphatic heterocycles. The number of aryl methyl sites for hydroxylation is 1. The quantitative estimate of drug-likeness (QED) is 0.771. The number of nitrogens with one attached hydrogen (secondary N) is 2. The lowest BCUT2D eigenvalue weighted by atomic mass is 10.0. The zero-order valence-electron chi connectivity index (χ0n) is 15.9. The van der Waals surface area contributed by atoms with Crippen molar-refractivity contribution in [3.8, 4) is 0 Å². The molecule has 2 N–H and O–H groups in total. The van der Waals surface area contributed by atoms with E-state index in [1.807, 2.05) is 0 Å². The van der Waals surface area contributed by atoms with Crippen LogP contribution in [0.15, 0.2) is 23.0 Å². The van der Waals surface area contributed by atoms with Gasteiger partial charge in [-0.2, -0.15) is 0 Å². The summed E-state index contributed by atoms with van der Waals surface area (Å²) in [4.78, 5) is 53.1. The van der Waals surface area contributed by atoms with Crippen molar-refractivity contribution < 1.29 is 15.8 Å². The van der Waals surface area contributed by atoms with E-state index in [4.69, 9.17) is 1.37 Å². The predicted molar refractivity (Wildman–Crippen MR) is 96.7 cm³/mol. The van der Waals surface area contributed by atoms with Crippen LogP contribution in [0, 0.1) is 12.8 Å². The Labute approximate surface area is 156 Å². The highest BCUT2D eigenvalue weighted by Gasteiger charge is 2.31. The van der Waals surface area contributed by atoms with E-state index in [0.29, 0.717) is 12.1 Å². The van der Waals surface area contributed by atoms with Gasteiger partial charge in [0.1, 0.15) is 11.8 Å². The SMILES string of the molecule is [2H][C@]1(n2c(C)nc3ccc(CNC(=O)C4CC4)cc3c2=O)CCC(=O)NC1=O. The van der Waals surface area contributed by atoms with Gasteiger partial charge in [0.05, 0.1) is 12.3 Å². The molecule has 0 radical (unpaired) electrons. The molecule has 1 saturated heterocycles. The molecule has 4 rings (SSSR count). The fourth-order valence-electron chi connectivity index (χ4n) is 3.27. The highest BCUT2D eigenvalue weighted by Crippen LogP contribution is 2.28. The third-order valence-corrected chi connectivity index (χ3v) is 4.89. The molecule has 0 spiro atoms.